The molecule has 1 amide bonds. The van der Waals surface area contributed by atoms with Crippen LogP contribution in [0.3, 0.4) is 0 Å². The number of methoxy groups -OCH3 is 1. The third-order valence-electron chi connectivity index (χ3n) is 4.77. The van der Waals surface area contributed by atoms with Crippen LogP contribution in [0.25, 0.3) is 0 Å². The molecule has 0 spiro atoms. The summed E-state index contributed by atoms with van der Waals surface area (Å²) in [5, 5.41) is 3.06. The van der Waals surface area contributed by atoms with Crippen LogP contribution in [-0.2, 0) is 10.0 Å². The van der Waals surface area contributed by atoms with E-state index in [1.807, 2.05) is 32.0 Å². The zero-order chi connectivity index (χ0) is 21.4. The van der Waals surface area contributed by atoms with Crippen LogP contribution in [0.5, 0.6) is 11.5 Å². The molecule has 0 saturated carbocycles. The second-order valence-corrected chi connectivity index (χ2v) is 9.65. The molecular weight excluding hydrogens is 392 g/mol. The van der Waals surface area contributed by atoms with E-state index in [1.54, 1.807) is 32.2 Å². The fraction of sp³-hybridized carbons (Fsp3) is 0.381. The summed E-state index contributed by atoms with van der Waals surface area (Å²) in [6.45, 7) is 5.72. The van der Waals surface area contributed by atoms with Gasteiger partial charge in [0.25, 0.3) is 5.91 Å². The molecule has 0 bridgehead atoms. The predicted molar refractivity (Wildman–Crippen MR) is 112 cm³/mol. The molecule has 0 fully saturated rings. The van der Waals surface area contributed by atoms with E-state index in [-0.39, 0.29) is 11.9 Å². The van der Waals surface area contributed by atoms with Crippen LogP contribution in [0.15, 0.2) is 36.4 Å². The van der Waals surface area contributed by atoms with Gasteiger partial charge in [-0.05, 0) is 56.7 Å². The van der Waals surface area contributed by atoms with Crippen molar-refractivity contribution < 1.29 is 22.7 Å². The Bertz CT molecular complexity index is 1050. The minimum Gasteiger partial charge on any atom is -0.497 e. The van der Waals surface area contributed by atoms with E-state index in [2.05, 4.69) is 10.0 Å². The number of anilines is 1. The standard InChI is InChI=1S/C21H26N2O5S/c1-13-6-7-14(10-17(13)23-29(5,25)26)20(24)22-18-12-21(2,3)28-19-9-8-15(27-4)11-16(18)19/h6-11,18,23H,12H2,1-5H3,(H,22,24). The highest BCUT2D eigenvalue weighted by molar-refractivity contribution is 7.92. The maximum atomic E-state index is 13.0. The monoisotopic (exact) mass is 418 g/mol. The van der Waals surface area contributed by atoms with Crippen LogP contribution in [0.2, 0.25) is 0 Å². The number of carbonyl (C=O) groups is 1. The van der Waals surface area contributed by atoms with Gasteiger partial charge in [0.15, 0.2) is 0 Å². The summed E-state index contributed by atoms with van der Waals surface area (Å²) in [5.74, 6) is 1.09. The first kappa shape index (κ1) is 21.0. The molecular formula is C21H26N2O5S. The number of benzene rings is 2. The van der Waals surface area contributed by atoms with Gasteiger partial charge in [0.1, 0.15) is 17.1 Å². The van der Waals surface area contributed by atoms with Crippen LogP contribution in [0.4, 0.5) is 5.69 Å². The Kier molecular flexibility index (Phi) is 5.49. The van der Waals surface area contributed by atoms with Crippen LogP contribution >= 0.6 is 0 Å². The van der Waals surface area contributed by atoms with Gasteiger partial charge in [-0.3, -0.25) is 9.52 Å². The van der Waals surface area contributed by atoms with Crippen LogP contribution in [0.1, 0.15) is 47.8 Å². The Labute approximate surface area is 171 Å². The Balaban J connectivity index is 1.90. The van der Waals surface area contributed by atoms with Crippen LogP contribution in [0, 0.1) is 6.92 Å². The van der Waals surface area contributed by atoms with E-state index in [0.717, 1.165) is 17.4 Å². The highest BCUT2D eigenvalue weighted by Gasteiger charge is 2.35. The largest absolute Gasteiger partial charge is 0.497 e. The summed E-state index contributed by atoms with van der Waals surface area (Å²) in [4.78, 5) is 13.0. The number of hydrogen-bond donors (Lipinski definition) is 2. The van der Waals surface area contributed by atoms with Gasteiger partial charge in [0, 0.05) is 17.5 Å². The summed E-state index contributed by atoms with van der Waals surface area (Å²) in [6.07, 6.45) is 1.66. The second-order valence-electron chi connectivity index (χ2n) is 7.90. The lowest BCUT2D eigenvalue weighted by atomic mass is 9.89. The predicted octanol–water partition coefficient (Wildman–Crippen LogP) is 3.41. The maximum Gasteiger partial charge on any atom is 0.251 e. The minimum atomic E-state index is -3.44. The number of carbonyl (C=O) groups excluding carboxylic acids is 1. The zero-order valence-corrected chi connectivity index (χ0v) is 18.0. The summed E-state index contributed by atoms with van der Waals surface area (Å²) in [5.41, 5.74) is 1.88. The van der Waals surface area contributed by atoms with Gasteiger partial charge in [-0.15, -0.1) is 0 Å². The average Bonchev–Trinajstić information content (AvgIpc) is 2.61. The van der Waals surface area contributed by atoms with Crippen LogP contribution < -0.4 is 19.5 Å². The van der Waals surface area contributed by atoms with E-state index < -0.39 is 15.6 Å². The Morgan fingerprint density at radius 3 is 2.59 bits per heavy atom. The van der Waals surface area contributed by atoms with Crippen molar-refractivity contribution in [3.63, 3.8) is 0 Å². The summed E-state index contributed by atoms with van der Waals surface area (Å²) < 4.78 is 37.0. The van der Waals surface area contributed by atoms with E-state index >= 15 is 0 Å². The molecule has 1 atom stereocenters. The second kappa shape index (κ2) is 7.59. The van der Waals surface area contributed by atoms with E-state index in [1.165, 1.54) is 0 Å². The molecule has 0 aromatic heterocycles. The van der Waals surface area contributed by atoms with Crippen molar-refractivity contribution in [2.24, 2.45) is 0 Å². The van der Waals surface area contributed by atoms with E-state index in [9.17, 15) is 13.2 Å². The smallest absolute Gasteiger partial charge is 0.251 e. The third-order valence-corrected chi connectivity index (χ3v) is 5.37. The van der Waals surface area contributed by atoms with Crippen molar-refractivity contribution in [2.45, 2.75) is 38.8 Å². The van der Waals surface area contributed by atoms with Gasteiger partial charge in [-0.25, -0.2) is 8.42 Å². The normalized spacial score (nSPS) is 17.6. The van der Waals surface area contributed by atoms with Crippen molar-refractivity contribution in [3.8, 4) is 11.5 Å². The van der Waals surface area contributed by atoms with Gasteiger partial charge in [-0.1, -0.05) is 6.07 Å². The molecule has 0 saturated heterocycles. The quantitative estimate of drug-likeness (QED) is 0.776. The van der Waals surface area contributed by atoms with Crippen molar-refractivity contribution in [2.75, 3.05) is 18.1 Å². The Morgan fingerprint density at radius 2 is 1.93 bits per heavy atom. The number of sulfonamides is 1. The highest BCUT2D eigenvalue weighted by atomic mass is 32.2. The molecule has 2 aromatic carbocycles. The molecule has 3 rings (SSSR count). The molecule has 1 aliphatic rings. The molecule has 0 radical (unpaired) electrons. The van der Waals surface area contributed by atoms with Crippen molar-refractivity contribution in [1.82, 2.24) is 5.32 Å². The topological polar surface area (TPSA) is 93.7 Å². The number of rotatable bonds is 5. The summed E-state index contributed by atoms with van der Waals surface area (Å²) in [7, 11) is -1.86. The molecule has 2 N–H and O–H groups in total. The lowest BCUT2D eigenvalue weighted by Gasteiger charge is -2.38. The Morgan fingerprint density at radius 1 is 1.21 bits per heavy atom. The number of amides is 1. The molecule has 0 aliphatic carbocycles. The number of ether oxygens (including phenoxy) is 2. The fourth-order valence-electron chi connectivity index (χ4n) is 3.40. The fourth-order valence-corrected chi connectivity index (χ4v) is 4.02. The lowest BCUT2D eigenvalue weighted by molar-refractivity contribution is 0.0618. The minimum absolute atomic E-state index is 0.274. The molecule has 1 heterocycles. The van der Waals surface area contributed by atoms with Crippen molar-refractivity contribution in [1.29, 1.82) is 0 Å². The summed E-state index contributed by atoms with van der Waals surface area (Å²) >= 11 is 0. The van der Waals surface area contributed by atoms with Gasteiger partial charge in [0.2, 0.25) is 10.0 Å². The number of fused-ring (bicyclic) bond motifs is 1. The first-order valence-electron chi connectivity index (χ1n) is 9.24. The molecule has 156 valence electrons. The SMILES string of the molecule is COc1ccc2c(c1)C(NC(=O)c1ccc(C)c(NS(C)(=O)=O)c1)CC(C)(C)O2. The van der Waals surface area contributed by atoms with E-state index in [0.29, 0.717) is 29.2 Å². The van der Waals surface area contributed by atoms with Crippen molar-refractivity contribution in [3.05, 3.63) is 53.1 Å². The first-order valence-corrected chi connectivity index (χ1v) is 11.1. The van der Waals surface area contributed by atoms with Gasteiger partial charge in [0.05, 0.1) is 25.1 Å². The molecule has 1 aliphatic heterocycles. The third kappa shape index (κ3) is 5.00. The summed E-state index contributed by atoms with van der Waals surface area (Å²) in [6, 6.07) is 10.2. The highest BCUT2D eigenvalue weighted by Crippen LogP contribution is 2.41. The number of hydrogen-bond acceptors (Lipinski definition) is 5. The maximum absolute atomic E-state index is 13.0. The number of aryl methyl sites for hydroxylation is 1. The molecule has 8 heteroatoms. The van der Waals surface area contributed by atoms with Crippen molar-refractivity contribution >= 4 is 21.6 Å². The molecule has 7 nitrogen and oxygen atoms in total. The Hall–Kier alpha value is -2.74. The molecule has 29 heavy (non-hydrogen) atoms. The molecule has 2 aromatic rings. The average molecular weight is 419 g/mol. The van der Waals surface area contributed by atoms with Crippen LogP contribution in [-0.4, -0.2) is 33.3 Å². The zero-order valence-electron chi connectivity index (χ0n) is 17.2. The lowest BCUT2D eigenvalue weighted by Crippen LogP contribution is -2.41. The van der Waals surface area contributed by atoms with Gasteiger partial charge < -0.3 is 14.8 Å². The van der Waals surface area contributed by atoms with Gasteiger partial charge in [-0.2, -0.15) is 0 Å². The number of nitrogens with one attached hydrogen (secondary N) is 2. The van der Waals surface area contributed by atoms with E-state index in [4.69, 9.17) is 9.47 Å². The first-order chi connectivity index (χ1) is 13.5. The van der Waals surface area contributed by atoms with Gasteiger partial charge >= 0.3 is 0 Å². The molecule has 1 unspecified atom stereocenters.